The fourth-order valence-electron chi connectivity index (χ4n) is 6.40. The second-order valence-electron chi connectivity index (χ2n) is 11.8. The van der Waals surface area contributed by atoms with Crippen LogP contribution in [-0.2, 0) is 16.2 Å². The van der Waals surface area contributed by atoms with Gasteiger partial charge in [-0.1, -0.05) is 54.6 Å². The highest BCUT2D eigenvalue weighted by molar-refractivity contribution is 6.09. The maximum Gasteiger partial charge on any atom is 0.255 e. The predicted molar refractivity (Wildman–Crippen MR) is 179 cm³/mol. The smallest absolute Gasteiger partial charge is 0.255 e. The van der Waals surface area contributed by atoms with Crippen molar-refractivity contribution < 1.29 is 23.9 Å². The van der Waals surface area contributed by atoms with E-state index in [9.17, 15) is 14.4 Å². The van der Waals surface area contributed by atoms with E-state index in [1.54, 1.807) is 43.6 Å². The van der Waals surface area contributed by atoms with Gasteiger partial charge >= 0.3 is 0 Å². The molecule has 1 aliphatic heterocycles. The number of nitrogens with two attached hydrogens (primary N) is 1. The largest absolute Gasteiger partial charge is 0.496 e. The number of Topliss-reactive ketones (excluding diaryl/α,β-unsaturated/α-hetero) is 1. The molecule has 0 radical (unpaired) electrons. The van der Waals surface area contributed by atoms with E-state index in [0.717, 1.165) is 22.4 Å². The van der Waals surface area contributed by atoms with E-state index < -0.39 is 11.8 Å². The van der Waals surface area contributed by atoms with Gasteiger partial charge in [0.25, 0.3) is 11.8 Å². The van der Waals surface area contributed by atoms with Crippen LogP contribution in [0.3, 0.4) is 0 Å². The molecule has 2 unspecified atom stereocenters. The van der Waals surface area contributed by atoms with Gasteiger partial charge < -0.3 is 25.8 Å². The number of aromatic nitrogens is 1. The first-order valence-electron chi connectivity index (χ1n) is 15.4. The number of anilines is 1. The summed E-state index contributed by atoms with van der Waals surface area (Å²) >= 11 is 0. The molecule has 238 valence electrons. The summed E-state index contributed by atoms with van der Waals surface area (Å²) in [5.41, 5.74) is 11.8. The number of nitrogens with one attached hydrogen (secondary N) is 2. The topological polar surface area (TPSA) is 133 Å². The van der Waals surface area contributed by atoms with Crippen molar-refractivity contribution in [3.8, 4) is 11.5 Å². The standard InChI is InChI=1S/C38H36N4O5/c1-22-13-16-33(40-20-22)42-38(45)34-23(2)41-29-18-26(24-9-5-4-6-10-24)19-30(43)36(29)35(34)25-14-15-31(46-3)27(17-25)21-47-32-12-8-7-11-28(32)37(39)44/h4-17,20,26,35,41H,18-19,21H2,1-3H3,(H2,39,44)(H,40,42,45). The Labute approximate surface area is 273 Å². The van der Waals surface area contributed by atoms with E-state index in [0.29, 0.717) is 52.6 Å². The van der Waals surface area contributed by atoms with Crippen molar-refractivity contribution in [3.05, 3.63) is 141 Å². The number of carbonyl (C=O) groups is 3. The minimum absolute atomic E-state index is 0.0145. The molecule has 4 aromatic rings. The van der Waals surface area contributed by atoms with E-state index >= 15 is 0 Å². The molecule has 9 heteroatoms. The zero-order valence-electron chi connectivity index (χ0n) is 26.5. The highest BCUT2D eigenvalue weighted by Crippen LogP contribution is 2.46. The summed E-state index contributed by atoms with van der Waals surface area (Å²) in [6, 6.07) is 26.0. The fraction of sp³-hybridized carbons (Fsp3) is 0.211. The Morgan fingerprint density at radius 2 is 1.70 bits per heavy atom. The minimum atomic E-state index is -0.663. The van der Waals surface area contributed by atoms with Gasteiger partial charge in [0.05, 0.1) is 12.7 Å². The van der Waals surface area contributed by atoms with E-state index in [1.165, 1.54) is 0 Å². The van der Waals surface area contributed by atoms with Crippen LogP contribution in [0.1, 0.15) is 64.2 Å². The number of ketones is 1. The molecule has 0 saturated heterocycles. The van der Waals surface area contributed by atoms with Gasteiger partial charge in [0.2, 0.25) is 0 Å². The number of para-hydroxylation sites is 1. The lowest BCUT2D eigenvalue weighted by Crippen LogP contribution is -2.37. The molecular formula is C38H36N4O5. The van der Waals surface area contributed by atoms with Crippen molar-refractivity contribution in [3.63, 3.8) is 0 Å². The Morgan fingerprint density at radius 3 is 2.43 bits per heavy atom. The number of benzene rings is 3. The molecule has 9 nitrogen and oxygen atoms in total. The lowest BCUT2D eigenvalue weighted by atomic mass is 9.71. The number of hydrogen-bond donors (Lipinski definition) is 3. The minimum Gasteiger partial charge on any atom is -0.496 e. The van der Waals surface area contributed by atoms with E-state index in [1.807, 2.05) is 68.4 Å². The number of carbonyl (C=O) groups excluding carboxylic acids is 3. The number of nitrogens with zero attached hydrogens (tertiary/aromatic N) is 1. The van der Waals surface area contributed by atoms with E-state index in [4.69, 9.17) is 15.2 Å². The molecule has 0 saturated carbocycles. The lowest BCUT2D eigenvalue weighted by molar-refractivity contribution is -0.116. The van der Waals surface area contributed by atoms with Crippen LogP contribution in [0.25, 0.3) is 0 Å². The third-order valence-electron chi connectivity index (χ3n) is 8.67. The monoisotopic (exact) mass is 628 g/mol. The third-order valence-corrected chi connectivity index (χ3v) is 8.67. The summed E-state index contributed by atoms with van der Waals surface area (Å²) in [7, 11) is 1.56. The SMILES string of the molecule is COc1ccc(C2C(C(=O)Nc3ccc(C)cn3)=C(C)NC3=C2C(=O)CC(c2ccccc2)C3)cc1COc1ccccc1C(N)=O. The van der Waals surface area contributed by atoms with Crippen LogP contribution in [0, 0.1) is 6.92 Å². The number of methoxy groups -OCH3 is 1. The number of primary amides is 1. The molecule has 2 atom stereocenters. The molecule has 0 spiro atoms. The molecule has 6 rings (SSSR count). The van der Waals surface area contributed by atoms with Crippen molar-refractivity contribution in [1.82, 2.24) is 10.3 Å². The highest BCUT2D eigenvalue weighted by Gasteiger charge is 2.41. The van der Waals surface area contributed by atoms with Gasteiger partial charge in [-0.25, -0.2) is 4.98 Å². The first-order valence-corrected chi connectivity index (χ1v) is 15.4. The summed E-state index contributed by atoms with van der Waals surface area (Å²) < 4.78 is 11.7. The van der Waals surface area contributed by atoms with Gasteiger partial charge in [-0.15, -0.1) is 0 Å². The second-order valence-corrected chi connectivity index (χ2v) is 11.8. The molecule has 47 heavy (non-hydrogen) atoms. The van der Waals surface area contributed by atoms with Crippen LogP contribution < -0.4 is 25.8 Å². The Kier molecular flexibility index (Phi) is 8.88. The van der Waals surface area contributed by atoms with Crippen molar-refractivity contribution in [2.75, 3.05) is 12.4 Å². The summed E-state index contributed by atoms with van der Waals surface area (Å²) in [6.07, 6.45) is 2.64. The molecule has 0 bridgehead atoms. The average Bonchev–Trinajstić information content (AvgIpc) is 3.08. The van der Waals surface area contributed by atoms with E-state index in [-0.39, 0.29) is 29.8 Å². The zero-order valence-corrected chi connectivity index (χ0v) is 26.5. The number of rotatable bonds is 9. The lowest BCUT2D eigenvalue weighted by Gasteiger charge is -2.37. The fourth-order valence-corrected chi connectivity index (χ4v) is 6.40. The second kappa shape index (κ2) is 13.3. The van der Waals surface area contributed by atoms with Crippen molar-refractivity contribution >= 4 is 23.4 Å². The number of ether oxygens (including phenoxy) is 2. The van der Waals surface area contributed by atoms with Crippen LogP contribution >= 0.6 is 0 Å². The first-order chi connectivity index (χ1) is 22.7. The molecule has 1 aliphatic carbocycles. The number of aryl methyl sites for hydroxylation is 1. The maximum absolute atomic E-state index is 14.1. The Morgan fingerprint density at radius 1 is 0.936 bits per heavy atom. The van der Waals surface area contributed by atoms with Crippen LogP contribution in [0.2, 0.25) is 0 Å². The summed E-state index contributed by atoms with van der Waals surface area (Å²) in [6.45, 7) is 3.84. The number of allylic oxidation sites excluding steroid dienone is 3. The van der Waals surface area contributed by atoms with Crippen LogP contribution in [0.15, 0.2) is 114 Å². The van der Waals surface area contributed by atoms with Gasteiger partial charge in [0, 0.05) is 46.6 Å². The van der Waals surface area contributed by atoms with Gasteiger partial charge in [0.1, 0.15) is 23.9 Å². The molecule has 0 fully saturated rings. The van der Waals surface area contributed by atoms with Gasteiger partial charge in [-0.05, 0) is 73.2 Å². The van der Waals surface area contributed by atoms with E-state index in [2.05, 4.69) is 15.6 Å². The van der Waals surface area contributed by atoms with Gasteiger partial charge in [-0.2, -0.15) is 0 Å². The molecule has 2 amide bonds. The highest BCUT2D eigenvalue weighted by atomic mass is 16.5. The number of pyridine rings is 1. The zero-order chi connectivity index (χ0) is 33.1. The van der Waals surface area contributed by atoms with Crippen LogP contribution in [-0.4, -0.2) is 29.7 Å². The summed E-state index contributed by atoms with van der Waals surface area (Å²) in [5, 5.41) is 6.38. The normalized spacial score (nSPS) is 17.5. The molecular weight excluding hydrogens is 592 g/mol. The third kappa shape index (κ3) is 6.51. The Bertz CT molecular complexity index is 1910. The molecule has 4 N–H and O–H groups in total. The molecule has 3 aromatic carbocycles. The Hall–Kier alpha value is -5.70. The van der Waals surface area contributed by atoms with Crippen molar-refractivity contribution in [2.45, 2.75) is 45.1 Å². The maximum atomic E-state index is 14.1. The predicted octanol–water partition coefficient (Wildman–Crippen LogP) is 6.08. The molecule has 1 aromatic heterocycles. The number of amides is 2. The summed E-state index contributed by atoms with van der Waals surface area (Å²) in [4.78, 5) is 44.6. The van der Waals surface area contributed by atoms with Gasteiger partial charge in [-0.3, -0.25) is 14.4 Å². The Balaban J connectivity index is 1.41. The number of hydrogen-bond acceptors (Lipinski definition) is 7. The van der Waals surface area contributed by atoms with Crippen LogP contribution in [0.4, 0.5) is 5.82 Å². The molecule has 2 heterocycles. The number of dihydropyridines is 1. The summed E-state index contributed by atoms with van der Waals surface area (Å²) in [5.74, 6) is -0.310. The van der Waals surface area contributed by atoms with Gasteiger partial charge in [0.15, 0.2) is 5.78 Å². The van der Waals surface area contributed by atoms with Crippen molar-refractivity contribution in [1.29, 1.82) is 0 Å². The quantitative estimate of drug-likeness (QED) is 0.205. The first kappa shape index (κ1) is 31.3. The average molecular weight is 629 g/mol. The van der Waals surface area contributed by atoms with Crippen molar-refractivity contribution in [2.24, 2.45) is 5.73 Å². The molecule has 2 aliphatic rings. The van der Waals surface area contributed by atoms with Crippen LogP contribution in [0.5, 0.6) is 11.5 Å².